The van der Waals surface area contributed by atoms with Gasteiger partial charge in [0.2, 0.25) is 12.7 Å². The molecule has 5 heteroatoms. The molecule has 4 nitrogen and oxygen atoms in total. The first-order valence-corrected chi connectivity index (χ1v) is 23.6. The summed E-state index contributed by atoms with van der Waals surface area (Å²) in [6, 6.07) is 71.9. The fourth-order valence-electron chi connectivity index (χ4n) is 10.9. The molecule has 326 valence electrons. The number of fused-ring (bicyclic) bond motifs is 3. The molecule has 0 unspecified atom stereocenters. The molecule has 0 saturated carbocycles. The molecule has 1 aromatic heterocycles. The summed E-state index contributed by atoms with van der Waals surface area (Å²) in [5.41, 5.74) is 17.8. The minimum absolute atomic E-state index is 0.0141. The van der Waals surface area contributed by atoms with Crippen molar-refractivity contribution in [2.24, 2.45) is 0 Å². The van der Waals surface area contributed by atoms with Gasteiger partial charge in [0.15, 0.2) is 11.6 Å². The Morgan fingerprint density at radius 1 is 0.368 bits per heavy atom. The topological polar surface area (TPSA) is 41.9 Å². The molecule has 11 rings (SSSR count). The Kier molecular flexibility index (Phi) is 11.0. The number of benzene rings is 10. The summed E-state index contributed by atoms with van der Waals surface area (Å²) in [7, 11) is 0. The predicted molar refractivity (Wildman–Crippen MR) is 289 cm³/mol. The van der Waals surface area contributed by atoms with Gasteiger partial charge in [0, 0.05) is 27.3 Å². The Morgan fingerprint density at radius 2 is 0.853 bits per heavy atom. The first-order valence-electron chi connectivity index (χ1n) is 23.6. The van der Waals surface area contributed by atoms with Crippen molar-refractivity contribution < 1.29 is 0 Å². The van der Waals surface area contributed by atoms with E-state index in [4.69, 9.17) is 15.0 Å². The van der Waals surface area contributed by atoms with E-state index in [-0.39, 0.29) is 6.71 Å². The average molecular weight is 875 g/mol. The molecule has 0 bridgehead atoms. The van der Waals surface area contributed by atoms with Crippen LogP contribution in [0.4, 0.5) is 17.3 Å². The average Bonchev–Trinajstić information content (AvgIpc) is 3.35. The largest absolute Gasteiger partial charge is 0.278 e. The van der Waals surface area contributed by atoms with E-state index in [9.17, 15) is 0 Å². The third-order valence-electron chi connectivity index (χ3n) is 13.6. The highest BCUT2D eigenvalue weighted by Gasteiger charge is 2.32. The lowest BCUT2D eigenvalue weighted by molar-refractivity contribution is 1.03. The molecule has 0 aliphatic rings. The summed E-state index contributed by atoms with van der Waals surface area (Å²) in [6.07, 6.45) is 0. The third kappa shape index (κ3) is 7.60. The van der Waals surface area contributed by atoms with Crippen LogP contribution < -0.4 is 21.3 Å². The first kappa shape index (κ1) is 42.5. The maximum absolute atomic E-state index is 5.60. The van der Waals surface area contributed by atoms with Gasteiger partial charge >= 0.3 is 0 Å². The third-order valence-corrected chi connectivity index (χ3v) is 13.6. The van der Waals surface area contributed by atoms with Gasteiger partial charge in [-0.3, -0.25) is 4.90 Å². The van der Waals surface area contributed by atoms with Gasteiger partial charge in [-0.15, -0.1) is 0 Å². The normalized spacial score (nSPS) is 11.4. The molecule has 0 radical (unpaired) electrons. The lowest BCUT2D eigenvalue weighted by atomic mass is 9.33. The number of hydrogen-bond donors (Lipinski definition) is 0. The van der Waals surface area contributed by atoms with Gasteiger partial charge < -0.3 is 0 Å². The van der Waals surface area contributed by atoms with E-state index < -0.39 is 0 Å². The second-order valence-corrected chi connectivity index (χ2v) is 18.3. The highest BCUT2D eigenvalue weighted by molar-refractivity contribution is 6.98. The SMILES string of the molecule is Cc1cc(C)c(B(c2c(C)cc(C)cc2C)c2ccc(N(c3nc(-c4ccccc4)nc(-c4cccc5cccc(-c6ccccc6)c45)n3)c3cccc4ccccc34)c3ccccc23)c(C)c1. The Hall–Kier alpha value is -8.15. The van der Waals surface area contributed by atoms with Crippen molar-refractivity contribution in [2.45, 2.75) is 41.5 Å². The van der Waals surface area contributed by atoms with Crippen molar-refractivity contribution in [1.29, 1.82) is 0 Å². The number of anilines is 3. The van der Waals surface area contributed by atoms with E-state index in [1.807, 2.05) is 18.2 Å². The van der Waals surface area contributed by atoms with Crippen LogP contribution >= 0.6 is 0 Å². The van der Waals surface area contributed by atoms with Crippen molar-refractivity contribution >= 4 is 72.7 Å². The van der Waals surface area contributed by atoms with Crippen molar-refractivity contribution in [3.05, 3.63) is 234 Å². The number of hydrogen-bond acceptors (Lipinski definition) is 4. The molecule has 1 heterocycles. The maximum Gasteiger partial charge on any atom is 0.243 e. The van der Waals surface area contributed by atoms with Crippen LogP contribution in [0.3, 0.4) is 0 Å². The second kappa shape index (κ2) is 17.6. The van der Waals surface area contributed by atoms with Crippen LogP contribution in [0, 0.1) is 41.5 Å². The van der Waals surface area contributed by atoms with Crippen LogP contribution in [-0.4, -0.2) is 21.7 Å². The van der Waals surface area contributed by atoms with Gasteiger partial charge in [-0.05, 0) is 81.0 Å². The molecular formula is C63H51BN4. The fourth-order valence-corrected chi connectivity index (χ4v) is 10.9. The molecule has 10 aromatic carbocycles. The van der Waals surface area contributed by atoms with E-state index in [0.29, 0.717) is 17.6 Å². The quantitative estimate of drug-likeness (QED) is 0.136. The molecule has 68 heavy (non-hydrogen) atoms. The van der Waals surface area contributed by atoms with Crippen molar-refractivity contribution in [3.8, 4) is 33.9 Å². The number of aromatic nitrogens is 3. The zero-order valence-corrected chi connectivity index (χ0v) is 39.4. The van der Waals surface area contributed by atoms with Gasteiger partial charge in [0.25, 0.3) is 0 Å². The van der Waals surface area contributed by atoms with E-state index in [0.717, 1.165) is 60.6 Å². The standard InChI is InChI=1S/C63H51BN4/c1-40-36-42(3)59(43(4)37-40)64(60-44(5)38-41(2)39-45(60)6)55-34-35-57(53-30-16-15-29-52(53)55)68(56-33-19-25-46-22-13-14-28-50(46)56)63-66-61(49-23-11-8-12-24-49)65-62(67-63)54-32-18-27-48-26-17-31-51(58(48)54)47-20-9-7-10-21-47/h7-39H,1-6H3. The number of aryl methyl sites for hydroxylation is 6. The van der Waals surface area contributed by atoms with E-state index in [1.54, 1.807) is 0 Å². The van der Waals surface area contributed by atoms with Crippen LogP contribution in [0.25, 0.3) is 66.2 Å². The Labute approximate surface area is 399 Å². The highest BCUT2D eigenvalue weighted by atomic mass is 15.3. The smallest absolute Gasteiger partial charge is 0.243 e. The molecule has 0 aliphatic carbocycles. The number of nitrogens with zero attached hydrogens (tertiary/aromatic N) is 4. The molecule has 0 saturated heterocycles. The molecule has 0 amide bonds. The van der Waals surface area contributed by atoms with Gasteiger partial charge in [-0.2, -0.15) is 9.97 Å². The summed E-state index contributed by atoms with van der Waals surface area (Å²) >= 11 is 0. The molecule has 0 N–H and O–H groups in total. The monoisotopic (exact) mass is 874 g/mol. The molecular weight excluding hydrogens is 824 g/mol. The lowest BCUT2D eigenvalue weighted by Crippen LogP contribution is -2.56. The summed E-state index contributed by atoms with van der Waals surface area (Å²) in [4.78, 5) is 18.7. The second-order valence-electron chi connectivity index (χ2n) is 18.3. The molecule has 0 spiro atoms. The van der Waals surface area contributed by atoms with Crippen LogP contribution in [0.2, 0.25) is 0 Å². The fraction of sp³-hybridized carbons (Fsp3) is 0.0952. The number of rotatable bonds is 9. The van der Waals surface area contributed by atoms with Crippen molar-refractivity contribution in [2.75, 3.05) is 4.90 Å². The zero-order valence-electron chi connectivity index (χ0n) is 39.4. The zero-order chi connectivity index (χ0) is 46.5. The first-order chi connectivity index (χ1) is 33.2. The Balaban J connectivity index is 1.22. The minimum atomic E-state index is -0.0141. The van der Waals surface area contributed by atoms with Crippen molar-refractivity contribution in [3.63, 3.8) is 0 Å². The lowest BCUT2D eigenvalue weighted by Gasteiger charge is -2.29. The summed E-state index contributed by atoms with van der Waals surface area (Å²) in [5, 5.41) is 6.72. The van der Waals surface area contributed by atoms with Crippen LogP contribution in [-0.2, 0) is 0 Å². The van der Waals surface area contributed by atoms with Gasteiger partial charge in [0.05, 0.1) is 11.4 Å². The summed E-state index contributed by atoms with van der Waals surface area (Å²) < 4.78 is 0. The van der Waals surface area contributed by atoms with E-state index in [2.05, 4.69) is 228 Å². The Morgan fingerprint density at radius 3 is 1.50 bits per heavy atom. The summed E-state index contributed by atoms with van der Waals surface area (Å²) in [6.45, 7) is 13.5. The van der Waals surface area contributed by atoms with Gasteiger partial charge in [-0.1, -0.05) is 238 Å². The van der Waals surface area contributed by atoms with E-state index in [1.165, 1.54) is 55.2 Å². The highest BCUT2D eigenvalue weighted by Crippen LogP contribution is 2.43. The van der Waals surface area contributed by atoms with Gasteiger partial charge in [0.1, 0.15) is 0 Å². The molecule has 0 atom stereocenters. The minimum Gasteiger partial charge on any atom is -0.278 e. The maximum atomic E-state index is 5.60. The van der Waals surface area contributed by atoms with Gasteiger partial charge in [-0.25, -0.2) is 4.98 Å². The van der Waals surface area contributed by atoms with Crippen LogP contribution in [0.15, 0.2) is 200 Å². The molecule has 0 aliphatic heterocycles. The van der Waals surface area contributed by atoms with E-state index >= 15 is 0 Å². The van der Waals surface area contributed by atoms with Crippen LogP contribution in [0.5, 0.6) is 0 Å². The summed E-state index contributed by atoms with van der Waals surface area (Å²) in [5.74, 6) is 1.73. The Bertz CT molecular complexity index is 3600. The molecule has 11 aromatic rings. The van der Waals surface area contributed by atoms with Crippen molar-refractivity contribution in [1.82, 2.24) is 15.0 Å². The van der Waals surface area contributed by atoms with Crippen LogP contribution in [0.1, 0.15) is 33.4 Å². The predicted octanol–water partition coefficient (Wildman–Crippen LogP) is 14.2. The molecule has 0 fully saturated rings.